The van der Waals surface area contributed by atoms with E-state index in [2.05, 4.69) is 29.2 Å². The second-order valence-electron chi connectivity index (χ2n) is 5.84. The highest BCUT2D eigenvalue weighted by molar-refractivity contribution is 5.90. The molecule has 23 heavy (non-hydrogen) atoms. The molecule has 6 nitrogen and oxygen atoms in total. The maximum atomic E-state index is 11.6. The van der Waals surface area contributed by atoms with E-state index in [1.165, 1.54) is 18.4 Å². The highest BCUT2D eigenvalue weighted by Crippen LogP contribution is 2.17. The van der Waals surface area contributed by atoms with Gasteiger partial charge in [0.25, 0.3) is 0 Å². The third kappa shape index (κ3) is 3.70. The van der Waals surface area contributed by atoms with E-state index in [0.29, 0.717) is 11.3 Å². The van der Waals surface area contributed by atoms with Gasteiger partial charge in [0.15, 0.2) is 0 Å². The number of ether oxygens (including phenoxy) is 1. The summed E-state index contributed by atoms with van der Waals surface area (Å²) >= 11 is 0. The van der Waals surface area contributed by atoms with Crippen LogP contribution in [-0.2, 0) is 18.2 Å². The van der Waals surface area contributed by atoms with Gasteiger partial charge in [0.05, 0.1) is 24.1 Å². The molecule has 0 saturated heterocycles. The quantitative estimate of drug-likeness (QED) is 0.859. The van der Waals surface area contributed by atoms with E-state index >= 15 is 0 Å². The van der Waals surface area contributed by atoms with Crippen molar-refractivity contribution in [2.45, 2.75) is 40.2 Å². The number of aryl methyl sites for hydroxylation is 3. The van der Waals surface area contributed by atoms with Crippen molar-refractivity contribution in [1.82, 2.24) is 14.8 Å². The molecule has 1 N–H and O–H groups in total. The van der Waals surface area contributed by atoms with E-state index in [1.54, 1.807) is 19.1 Å². The molecule has 0 amide bonds. The van der Waals surface area contributed by atoms with Crippen LogP contribution in [-0.4, -0.2) is 33.9 Å². The molecule has 0 saturated carbocycles. The van der Waals surface area contributed by atoms with E-state index in [1.807, 2.05) is 18.7 Å². The maximum absolute atomic E-state index is 11.6. The van der Waals surface area contributed by atoms with Crippen LogP contribution in [0.1, 0.15) is 39.9 Å². The lowest BCUT2D eigenvalue weighted by atomic mass is 10.1. The zero-order valence-electron chi connectivity index (χ0n) is 14.6. The van der Waals surface area contributed by atoms with Gasteiger partial charge >= 0.3 is 5.97 Å². The lowest BCUT2D eigenvalue weighted by Gasteiger charge is -2.16. The van der Waals surface area contributed by atoms with E-state index in [0.717, 1.165) is 17.9 Å². The number of hydrogen-bond acceptors (Lipinski definition) is 5. The van der Waals surface area contributed by atoms with Crippen molar-refractivity contribution in [2.24, 2.45) is 7.05 Å². The maximum Gasteiger partial charge on any atom is 0.339 e. The summed E-state index contributed by atoms with van der Waals surface area (Å²) in [6.45, 7) is 8.02. The molecule has 6 heteroatoms. The first-order valence-corrected chi connectivity index (χ1v) is 7.65. The highest BCUT2D eigenvalue weighted by atomic mass is 16.5. The average molecular weight is 316 g/mol. The van der Waals surface area contributed by atoms with Crippen molar-refractivity contribution in [3.8, 4) is 0 Å². The first kappa shape index (κ1) is 17.0. The molecule has 1 atom stereocenters. The first-order chi connectivity index (χ1) is 10.8. The molecule has 2 rings (SSSR count). The average Bonchev–Trinajstić information content (AvgIpc) is 2.73. The summed E-state index contributed by atoms with van der Waals surface area (Å²) in [7, 11) is 3.33. The summed E-state index contributed by atoms with van der Waals surface area (Å²) in [6.07, 6.45) is 0.866. The lowest BCUT2D eigenvalue weighted by molar-refractivity contribution is 0.0599. The molecule has 0 radical (unpaired) electrons. The summed E-state index contributed by atoms with van der Waals surface area (Å²) in [5.74, 6) is 0.387. The SMILES string of the molecule is COC(=O)c1ccc(N[C@@H](C)Cc2c(C)nn(C)c2C)nc1C. The van der Waals surface area contributed by atoms with Crippen LogP contribution in [0.15, 0.2) is 12.1 Å². The van der Waals surface area contributed by atoms with Gasteiger partial charge in [0.2, 0.25) is 0 Å². The van der Waals surface area contributed by atoms with Crippen molar-refractivity contribution in [2.75, 3.05) is 12.4 Å². The van der Waals surface area contributed by atoms with Crippen LogP contribution in [0.4, 0.5) is 5.82 Å². The van der Waals surface area contributed by atoms with Gasteiger partial charge in [-0.3, -0.25) is 4.68 Å². The molecule has 0 aliphatic heterocycles. The van der Waals surface area contributed by atoms with E-state index in [-0.39, 0.29) is 12.0 Å². The monoisotopic (exact) mass is 316 g/mol. The minimum atomic E-state index is -0.365. The molecule has 0 bridgehead atoms. The number of carbonyl (C=O) groups is 1. The largest absolute Gasteiger partial charge is 0.465 e. The number of rotatable bonds is 5. The second-order valence-corrected chi connectivity index (χ2v) is 5.84. The Morgan fingerprint density at radius 1 is 1.30 bits per heavy atom. The van der Waals surface area contributed by atoms with Gasteiger partial charge in [-0.25, -0.2) is 9.78 Å². The smallest absolute Gasteiger partial charge is 0.339 e. The molecule has 0 spiro atoms. The standard InChI is InChI=1S/C17H24N4O2/c1-10(9-15-12(3)20-21(5)13(15)4)18-16-8-7-14(11(2)19-16)17(22)23-6/h7-8,10H,9H2,1-6H3,(H,18,19)/t10-/m0/s1. The molecule has 2 heterocycles. The Labute approximate surface area is 136 Å². The number of nitrogens with zero attached hydrogens (tertiary/aromatic N) is 3. The van der Waals surface area contributed by atoms with Crippen LogP contribution in [0.3, 0.4) is 0 Å². The zero-order chi connectivity index (χ0) is 17.1. The number of esters is 1. The van der Waals surface area contributed by atoms with Crippen molar-refractivity contribution in [1.29, 1.82) is 0 Å². The predicted octanol–water partition coefficient (Wildman–Crippen LogP) is 2.57. The van der Waals surface area contributed by atoms with Gasteiger partial charge in [0.1, 0.15) is 5.82 Å². The zero-order valence-corrected chi connectivity index (χ0v) is 14.6. The second kappa shape index (κ2) is 6.81. The van der Waals surface area contributed by atoms with Crippen molar-refractivity contribution in [3.63, 3.8) is 0 Å². The Balaban J connectivity index is 2.10. The minimum Gasteiger partial charge on any atom is -0.465 e. The van der Waals surface area contributed by atoms with E-state index < -0.39 is 0 Å². The van der Waals surface area contributed by atoms with Gasteiger partial charge < -0.3 is 10.1 Å². The Morgan fingerprint density at radius 2 is 2.00 bits per heavy atom. The number of pyridine rings is 1. The molecule has 2 aromatic heterocycles. The summed E-state index contributed by atoms with van der Waals surface area (Å²) in [5.41, 5.74) is 4.65. The first-order valence-electron chi connectivity index (χ1n) is 7.65. The van der Waals surface area contributed by atoms with Gasteiger partial charge in [0, 0.05) is 18.8 Å². The third-order valence-corrected chi connectivity index (χ3v) is 4.05. The molecule has 2 aromatic rings. The third-order valence-electron chi connectivity index (χ3n) is 4.05. The van der Waals surface area contributed by atoms with Gasteiger partial charge in [-0.05, 0) is 51.8 Å². The normalized spacial score (nSPS) is 12.1. The van der Waals surface area contributed by atoms with Crippen LogP contribution in [0.2, 0.25) is 0 Å². The molecule has 124 valence electrons. The summed E-state index contributed by atoms with van der Waals surface area (Å²) in [5, 5.41) is 7.83. The Bertz CT molecular complexity index is 722. The van der Waals surface area contributed by atoms with Crippen LogP contribution in [0, 0.1) is 20.8 Å². The lowest BCUT2D eigenvalue weighted by Crippen LogP contribution is -2.20. The Hall–Kier alpha value is -2.37. The van der Waals surface area contributed by atoms with E-state index in [9.17, 15) is 4.79 Å². The van der Waals surface area contributed by atoms with E-state index in [4.69, 9.17) is 4.74 Å². The molecule has 0 unspecified atom stereocenters. The van der Waals surface area contributed by atoms with Crippen LogP contribution in [0.5, 0.6) is 0 Å². The predicted molar refractivity (Wildman–Crippen MR) is 89.8 cm³/mol. The number of anilines is 1. The summed E-state index contributed by atoms with van der Waals surface area (Å²) in [4.78, 5) is 16.0. The molecular formula is C17H24N4O2. The Morgan fingerprint density at radius 3 is 2.52 bits per heavy atom. The minimum absolute atomic E-state index is 0.201. The van der Waals surface area contributed by atoms with Crippen LogP contribution >= 0.6 is 0 Å². The number of aromatic nitrogens is 3. The molecule has 0 aliphatic rings. The topological polar surface area (TPSA) is 69.0 Å². The fourth-order valence-electron chi connectivity index (χ4n) is 2.69. The fraction of sp³-hybridized carbons (Fsp3) is 0.471. The van der Waals surface area contributed by atoms with Crippen molar-refractivity contribution >= 4 is 11.8 Å². The Kier molecular flexibility index (Phi) is 5.03. The van der Waals surface area contributed by atoms with Gasteiger partial charge in [-0.1, -0.05) is 0 Å². The molecular weight excluding hydrogens is 292 g/mol. The number of methoxy groups -OCH3 is 1. The number of nitrogens with one attached hydrogen (secondary N) is 1. The molecule has 0 aromatic carbocycles. The van der Waals surface area contributed by atoms with Crippen molar-refractivity contribution in [3.05, 3.63) is 40.3 Å². The summed E-state index contributed by atoms with van der Waals surface area (Å²) in [6, 6.07) is 3.75. The van der Waals surface area contributed by atoms with Crippen LogP contribution < -0.4 is 5.32 Å². The van der Waals surface area contributed by atoms with Gasteiger partial charge in [-0.15, -0.1) is 0 Å². The number of carbonyl (C=O) groups excluding carboxylic acids is 1. The van der Waals surface area contributed by atoms with Crippen molar-refractivity contribution < 1.29 is 9.53 Å². The summed E-state index contributed by atoms with van der Waals surface area (Å²) < 4.78 is 6.64. The fourth-order valence-corrected chi connectivity index (χ4v) is 2.69. The van der Waals surface area contributed by atoms with Crippen LogP contribution in [0.25, 0.3) is 0 Å². The number of hydrogen-bond donors (Lipinski definition) is 1. The molecule has 0 aliphatic carbocycles. The highest BCUT2D eigenvalue weighted by Gasteiger charge is 2.15. The molecule has 0 fully saturated rings. The van der Waals surface area contributed by atoms with Gasteiger partial charge in [-0.2, -0.15) is 5.10 Å².